The lowest BCUT2D eigenvalue weighted by Gasteiger charge is -2.12. The third kappa shape index (κ3) is 4.86. The molecule has 0 aliphatic heterocycles. The number of para-hydroxylation sites is 1. The fourth-order valence-electron chi connectivity index (χ4n) is 2.14. The van der Waals surface area contributed by atoms with Gasteiger partial charge in [-0.15, -0.1) is 0 Å². The van der Waals surface area contributed by atoms with E-state index in [-0.39, 0.29) is 0 Å². The molecule has 0 bridgehead atoms. The predicted octanol–water partition coefficient (Wildman–Crippen LogP) is 3.65. The minimum atomic E-state index is 0.716. The Labute approximate surface area is 119 Å². The number of thiocarbonyl (C=S) groups is 1. The van der Waals surface area contributed by atoms with Crippen molar-refractivity contribution in [1.82, 2.24) is 5.32 Å². The SMILES string of the molecule is S=C(NCCSC1CCCC1)Nc1ccccc1. The van der Waals surface area contributed by atoms with Gasteiger partial charge in [-0.05, 0) is 37.2 Å². The number of nitrogens with one attached hydrogen (secondary N) is 2. The van der Waals surface area contributed by atoms with Crippen LogP contribution in [0.15, 0.2) is 30.3 Å². The van der Waals surface area contributed by atoms with E-state index >= 15 is 0 Å². The van der Waals surface area contributed by atoms with E-state index in [1.807, 2.05) is 30.3 Å². The van der Waals surface area contributed by atoms with Crippen LogP contribution in [0.5, 0.6) is 0 Å². The molecule has 18 heavy (non-hydrogen) atoms. The summed E-state index contributed by atoms with van der Waals surface area (Å²) in [7, 11) is 0. The Morgan fingerprint density at radius 3 is 2.67 bits per heavy atom. The van der Waals surface area contributed by atoms with Crippen LogP contribution in [0.2, 0.25) is 0 Å². The van der Waals surface area contributed by atoms with Crippen LogP contribution in [0.1, 0.15) is 25.7 Å². The first-order valence-corrected chi connectivity index (χ1v) is 8.02. The molecular weight excluding hydrogens is 260 g/mol. The van der Waals surface area contributed by atoms with E-state index in [0.29, 0.717) is 5.11 Å². The molecule has 2 rings (SSSR count). The standard InChI is InChI=1S/C14H20N2S2/c17-14(16-12-6-2-1-3-7-12)15-10-11-18-13-8-4-5-9-13/h1-3,6-7,13H,4-5,8-11H2,(H2,15,16,17). The highest BCUT2D eigenvalue weighted by atomic mass is 32.2. The van der Waals surface area contributed by atoms with Gasteiger partial charge in [0.2, 0.25) is 0 Å². The van der Waals surface area contributed by atoms with E-state index in [2.05, 4.69) is 22.4 Å². The van der Waals surface area contributed by atoms with Gasteiger partial charge in [0.1, 0.15) is 0 Å². The van der Waals surface area contributed by atoms with Gasteiger partial charge in [0, 0.05) is 23.2 Å². The van der Waals surface area contributed by atoms with E-state index in [0.717, 1.165) is 23.2 Å². The summed E-state index contributed by atoms with van der Waals surface area (Å²) in [5, 5.41) is 8.04. The molecule has 0 aromatic heterocycles. The van der Waals surface area contributed by atoms with Crippen LogP contribution in [-0.4, -0.2) is 22.7 Å². The van der Waals surface area contributed by atoms with Gasteiger partial charge in [0.15, 0.2) is 5.11 Å². The maximum atomic E-state index is 5.25. The van der Waals surface area contributed by atoms with Crippen molar-refractivity contribution in [3.05, 3.63) is 30.3 Å². The molecular formula is C14H20N2S2. The van der Waals surface area contributed by atoms with Crippen molar-refractivity contribution in [2.45, 2.75) is 30.9 Å². The van der Waals surface area contributed by atoms with Crippen molar-refractivity contribution in [1.29, 1.82) is 0 Å². The largest absolute Gasteiger partial charge is 0.362 e. The summed E-state index contributed by atoms with van der Waals surface area (Å²) in [5.74, 6) is 1.14. The molecule has 1 saturated carbocycles. The summed E-state index contributed by atoms with van der Waals surface area (Å²) < 4.78 is 0. The zero-order valence-electron chi connectivity index (χ0n) is 10.5. The van der Waals surface area contributed by atoms with Gasteiger partial charge < -0.3 is 10.6 Å². The molecule has 98 valence electrons. The molecule has 1 aromatic carbocycles. The second-order valence-corrected chi connectivity index (χ2v) is 6.34. The molecule has 1 aromatic rings. The van der Waals surface area contributed by atoms with Gasteiger partial charge in [-0.3, -0.25) is 0 Å². The van der Waals surface area contributed by atoms with E-state index < -0.39 is 0 Å². The van der Waals surface area contributed by atoms with Gasteiger partial charge >= 0.3 is 0 Å². The minimum absolute atomic E-state index is 0.716. The zero-order chi connectivity index (χ0) is 12.6. The normalized spacial score (nSPS) is 15.6. The monoisotopic (exact) mass is 280 g/mol. The number of rotatable bonds is 5. The average Bonchev–Trinajstić information content (AvgIpc) is 2.89. The summed E-state index contributed by atoms with van der Waals surface area (Å²) in [6.07, 6.45) is 5.63. The molecule has 0 unspecified atom stereocenters. The third-order valence-corrected chi connectivity index (χ3v) is 4.70. The highest BCUT2D eigenvalue weighted by Gasteiger charge is 2.14. The van der Waals surface area contributed by atoms with E-state index in [1.54, 1.807) is 0 Å². The maximum Gasteiger partial charge on any atom is 0.170 e. The first-order valence-electron chi connectivity index (χ1n) is 6.56. The Morgan fingerprint density at radius 2 is 1.94 bits per heavy atom. The van der Waals surface area contributed by atoms with Crippen molar-refractivity contribution in [2.75, 3.05) is 17.6 Å². The molecule has 0 heterocycles. The molecule has 0 atom stereocenters. The number of thioether (sulfide) groups is 1. The first kappa shape index (κ1) is 13.7. The van der Waals surface area contributed by atoms with Crippen LogP contribution in [0.25, 0.3) is 0 Å². The Kier molecular flexibility index (Phi) is 5.81. The van der Waals surface area contributed by atoms with Gasteiger partial charge in [-0.2, -0.15) is 11.8 Å². The molecule has 1 aliphatic rings. The lowest BCUT2D eigenvalue weighted by Crippen LogP contribution is -2.30. The fraction of sp³-hybridized carbons (Fsp3) is 0.500. The molecule has 1 aliphatic carbocycles. The van der Waals surface area contributed by atoms with Gasteiger partial charge in [0.25, 0.3) is 0 Å². The molecule has 2 N–H and O–H groups in total. The lowest BCUT2D eigenvalue weighted by molar-refractivity contribution is 0.886. The predicted molar refractivity (Wildman–Crippen MR) is 85.4 cm³/mol. The van der Waals surface area contributed by atoms with Crippen LogP contribution in [0.3, 0.4) is 0 Å². The van der Waals surface area contributed by atoms with Gasteiger partial charge in [-0.1, -0.05) is 31.0 Å². The number of anilines is 1. The number of hydrogen-bond acceptors (Lipinski definition) is 2. The molecule has 0 radical (unpaired) electrons. The molecule has 2 nitrogen and oxygen atoms in total. The first-order chi connectivity index (χ1) is 8.84. The van der Waals surface area contributed by atoms with Gasteiger partial charge in [0.05, 0.1) is 0 Å². The average molecular weight is 280 g/mol. The molecule has 1 fully saturated rings. The van der Waals surface area contributed by atoms with Crippen LogP contribution in [-0.2, 0) is 0 Å². The third-order valence-electron chi connectivity index (χ3n) is 3.08. The van der Waals surface area contributed by atoms with Crippen LogP contribution in [0, 0.1) is 0 Å². The number of benzene rings is 1. The zero-order valence-corrected chi connectivity index (χ0v) is 12.2. The van der Waals surface area contributed by atoms with Crippen LogP contribution < -0.4 is 10.6 Å². The Hall–Kier alpha value is -0.740. The van der Waals surface area contributed by atoms with Gasteiger partial charge in [-0.25, -0.2) is 0 Å². The highest BCUT2D eigenvalue weighted by Crippen LogP contribution is 2.28. The van der Waals surface area contributed by atoms with Crippen molar-refractivity contribution in [3.63, 3.8) is 0 Å². The summed E-state index contributed by atoms with van der Waals surface area (Å²) in [4.78, 5) is 0. The second-order valence-electron chi connectivity index (χ2n) is 4.52. The maximum absolute atomic E-state index is 5.25. The topological polar surface area (TPSA) is 24.1 Å². The molecule has 4 heteroatoms. The smallest absolute Gasteiger partial charge is 0.170 e. The van der Waals surface area contributed by atoms with Crippen LogP contribution >= 0.6 is 24.0 Å². The van der Waals surface area contributed by atoms with E-state index in [4.69, 9.17) is 12.2 Å². The summed E-state index contributed by atoms with van der Waals surface area (Å²) in [6, 6.07) is 10.0. The Balaban J connectivity index is 1.57. The summed E-state index contributed by atoms with van der Waals surface area (Å²) in [6.45, 7) is 0.944. The molecule has 0 spiro atoms. The van der Waals surface area contributed by atoms with Crippen molar-refractivity contribution in [2.24, 2.45) is 0 Å². The van der Waals surface area contributed by atoms with Crippen LogP contribution in [0.4, 0.5) is 5.69 Å². The van der Waals surface area contributed by atoms with Crippen molar-refractivity contribution in [3.8, 4) is 0 Å². The number of hydrogen-bond donors (Lipinski definition) is 2. The fourth-order valence-corrected chi connectivity index (χ4v) is 3.58. The quantitative estimate of drug-likeness (QED) is 0.635. The molecule has 0 amide bonds. The van der Waals surface area contributed by atoms with E-state index in [9.17, 15) is 0 Å². The van der Waals surface area contributed by atoms with Crippen molar-refractivity contribution < 1.29 is 0 Å². The lowest BCUT2D eigenvalue weighted by atomic mass is 10.3. The summed E-state index contributed by atoms with van der Waals surface area (Å²) >= 11 is 7.34. The van der Waals surface area contributed by atoms with E-state index in [1.165, 1.54) is 25.7 Å². The second kappa shape index (κ2) is 7.64. The Bertz CT molecular complexity index is 361. The minimum Gasteiger partial charge on any atom is -0.362 e. The van der Waals surface area contributed by atoms with Crippen molar-refractivity contribution >= 4 is 34.8 Å². The highest BCUT2D eigenvalue weighted by molar-refractivity contribution is 7.99. The summed E-state index contributed by atoms with van der Waals surface area (Å²) in [5.41, 5.74) is 1.04. The Morgan fingerprint density at radius 1 is 1.22 bits per heavy atom. The molecule has 0 saturated heterocycles.